The Labute approximate surface area is 101 Å². The SMILES string of the molecule is OCc1nc(I)c(I)cc1C(F)F. The van der Waals surface area contributed by atoms with Gasteiger partial charge < -0.3 is 5.11 Å². The third-order valence-corrected chi connectivity index (χ3v) is 4.11. The molecule has 2 nitrogen and oxygen atoms in total. The first kappa shape index (κ1) is 11.5. The van der Waals surface area contributed by atoms with Crippen LogP contribution in [0.1, 0.15) is 17.7 Å². The molecule has 1 heterocycles. The fourth-order valence-corrected chi connectivity index (χ4v) is 1.73. The summed E-state index contributed by atoms with van der Waals surface area (Å²) in [6.07, 6.45) is -2.58. The maximum atomic E-state index is 12.4. The average Bonchev–Trinajstić information content (AvgIpc) is 2.08. The number of hydrogen-bond donors (Lipinski definition) is 1. The zero-order valence-electron chi connectivity index (χ0n) is 6.27. The number of halogens is 4. The van der Waals surface area contributed by atoms with Crippen molar-refractivity contribution in [3.8, 4) is 0 Å². The smallest absolute Gasteiger partial charge is 0.265 e. The Kier molecular flexibility index (Phi) is 4.23. The Morgan fingerprint density at radius 2 is 2.08 bits per heavy atom. The van der Waals surface area contributed by atoms with E-state index < -0.39 is 13.0 Å². The Morgan fingerprint density at radius 3 is 2.54 bits per heavy atom. The zero-order chi connectivity index (χ0) is 10.0. The molecule has 0 fully saturated rings. The number of aliphatic hydroxyl groups is 1. The first-order valence-corrected chi connectivity index (χ1v) is 5.45. The first-order valence-electron chi connectivity index (χ1n) is 3.30. The Hall–Kier alpha value is 0.430. The highest BCUT2D eigenvalue weighted by molar-refractivity contribution is 14.1. The molecule has 0 unspecified atom stereocenters. The number of nitrogens with zero attached hydrogens (tertiary/aromatic N) is 1. The molecule has 0 bridgehead atoms. The molecule has 0 saturated heterocycles. The minimum atomic E-state index is -2.58. The lowest BCUT2D eigenvalue weighted by molar-refractivity contribution is 0.146. The van der Waals surface area contributed by atoms with Crippen LogP contribution in [-0.4, -0.2) is 10.1 Å². The van der Waals surface area contributed by atoms with E-state index in [-0.39, 0.29) is 11.3 Å². The molecule has 0 atom stereocenters. The van der Waals surface area contributed by atoms with Gasteiger partial charge in [0, 0.05) is 9.13 Å². The maximum Gasteiger partial charge on any atom is 0.265 e. The second-order valence-electron chi connectivity index (χ2n) is 2.26. The van der Waals surface area contributed by atoms with Gasteiger partial charge in [-0.25, -0.2) is 13.8 Å². The van der Waals surface area contributed by atoms with Crippen LogP contribution in [-0.2, 0) is 6.61 Å². The van der Waals surface area contributed by atoms with Gasteiger partial charge in [0.2, 0.25) is 0 Å². The van der Waals surface area contributed by atoms with E-state index in [1.54, 1.807) is 0 Å². The minimum Gasteiger partial charge on any atom is -0.390 e. The number of alkyl halides is 2. The van der Waals surface area contributed by atoms with Crippen molar-refractivity contribution < 1.29 is 13.9 Å². The Morgan fingerprint density at radius 1 is 1.46 bits per heavy atom. The van der Waals surface area contributed by atoms with E-state index >= 15 is 0 Å². The third-order valence-electron chi connectivity index (χ3n) is 1.43. The van der Waals surface area contributed by atoms with Crippen molar-refractivity contribution in [2.75, 3.05) is 0 Å². The van der Waals surface area contributed by atoms with E-state index in [4.69, 9.17) is 5.11 Å². The van der Waals surface area contributed by atoms with Crippen LogP contribution < -0.4 is 0 Å². The largest absolute Gasteiger partial charge is 0.390 e. The molecule has 1 aromatic rings. The molecule has 1 rings (SSSR count). The summed E-state index contributed by atoms with van der Waals surface area (Å²) in [5.74, 6) is 0. The second-order valence-corrected chi connectivity index (χ2v) is 4.44. The van der Waals surface area contributed by atoms with Gasteiger partial charge in [0.05, 0.1) is 12.3 Å². The van der Waals surface area contributed by atoms with Crippen molar-refractivity contribution in [3.05, 3.63) is 24.6 Å². The van der Waals surface area contributed by atoms with Crippen molar-refractivity contribution in [2.45, 2.75) is 13.0 Å². The molecule has 6 heteroatoms. The quantitative estimate of drug-likeness (QED) is 0.600. The fourth-order valence-electron chi connectivity index (χ4n) is 0.831. The van der Waals surface area contributed by atoms with Crippen LogP contribution in [0.2, 0.25) is 0 Å². The molecule has 0 aliphatic rings. The average molecular weight is 411 g/mol. The first-order chi connectivity index (χ1) is 6.06. The third kappa shape index (κ3) is 2.69. The molecule has 13 heavy (non-hydrogen) atoms. The number of aliphatic hydroxyl groups excluding tert-OH is 1. The Bertz CT molecular complexity index is 320. The van der Waals surface area contributed by atoms with Gasteiger partial charge in [-0.1, -0.05) is 0 Å². The summed E-state index contributed by atoms with van der Waals surface area (Å²) < 4.78 is 26.0. The van der Waals surface area contributed by atoms with Crippen LogP contribution in [0, 0.1) is 7.27 Å². The molecule has 0 spiro atoms. The lowest BCUT2D eigenvalue weighted by Gasteiger charge is -2.07. The molecule has 72 valence electrons. The number of rotatable bonds is 2. The zero-order valence-corrected chi connectivity index (χ0v) is 10.6. The Balaban J connectivity index is 3.25. The molecular weight excluding hydrogens is 406 g/mol. The van der Waals surface area contributed by atoms with E-state index in [1.165, 1.54) is 6.07 Å². The molecule has 1 N–H and O–H groups in total. The molecular formula is C7H5F2I2NO. The van der Waals surface area contributed by atoms with Crippen LogP contribution >= 0.6 is 45.2 Å². The summed E-state index contributed by atoms with van der Waals surface area (Å²) in [6.45, 7) is -0.452. The predicted molar refractivity (Wildman–Crippen MR) is 60.6 cm³/mol. The maximum absolute atomic E-state index is 12.4. The molecule has 0 aliphatic heterocycles. The van der Waals surface area contributed by atoms with Gasteiger partial charge in [-0.15, -0.1) is 0 Å². The highest BCUT2D eigenvalue weighted by Gasteiger charge is 2.15. The molecule has 0 saturated carbocycles. The van der Waals surface area contributed by atoms with Crippen LogP contribution in [0.4, 0.5) is 8.78 Å². The van der Waals surface area contributed by atoms with E-state index in [9.17, 15) is 8.78 Å². The summed E-state index contributed by atoms with van der Waals surface area (Å²) >= 11 is 3.87. The lowest BCUT2D eigenvalue weighted by Crippen LogP contribution is -2.02. The van der Waals surface area contributed by atoms with Gasteiger partial charge in [0.25, 0.3) is 6.43 Å². The van der Waals surface area contributed by atoms with E-state index in [0.29, 0.717) is 7.27 Å². The van der Waals surface area contributed by atoms with Crippen molar-refractivity contribution >= 4 is 45.2 Å². The van der Waals surface area contributed by atoms with E-state index in [1.807, 2.05) is 45.2 Å². The van der Waals surface area contributed by atoms with Crippen LogP contribution in [0.3, 0.4) is 0 Å². The van der Waals surface area contributed by atoms with E-state index in [2.05, 4.69) is 4.98 Å². The standard InChI is InChI=1S/C7H5F2I2NO/c8-6(9)3-1-4(10)7(11)12-5(3)2-13/h1,6,13H,2H2. The van der Waals surface area contributed by atoms with Gasteiger partial charge in [-0.2, -0.15) is 0 Å². The monoisotopic (exact) mass is 411 g/mol. The molecule has 0 aliphatic carbocycles. The van der Waals surface area contributed by atoms with Crippen molar-refractivity contribution in [2.24, 2.45) is 0 Å². The highest BCUT2D eigenvalue weighted by atomic mass is 127. The van der Waals surface area contributed by atoms with Gasteiger partial charge in [-0.05, 0) is 51.2 Å². The number of hydrogen-bond acceptors (Lipinski definition) is 2. The lowest BCUT2D eigenvalue weighted by atomic mass is 10.2. The van der Waals surface area contributed by atoms with Crippen molar-refractivity contribution in [3.63, 3.8) is 0 Å². The van der Waals surface area contributed by atoms with Crippen LogP contribution in [0.15, 0.2) is 6.07 Å². The normalized spacial score (nSPS) is 10.9. The van der Waals surface area contributed by atoms with E-state index in [0.717, 1.165) is 0 Å². The summed E-state index contributed by atoms with van der Waals surface area (Å²) in [6, 6.07) is 1.35. The highest BCUT2D eigenvalue weighted by Crippen LogP contribution is 2.25. The van der Waals surface area contributed by atoms with Gasteiger partial charge >= 0.3 is 0 Å². The van der Waals surface area contributed by atoms with Gasteiger partial charge in [-0.3, -0.25) is 0 Å². The van der Waals surface area contributed by atoms with Crippen LogP contribution in [0.5, 0.6) is 0 Å². The summed E-state index contributed by atoms with van der Waals surface area (Å²) in [7, 11) is 0. The molecule has 0 amide bonds. The van der Waals surface area contributed by atoms with Crippen molar-refractivity contribution in [1.82, 2.24) is 4.98 Å². The number of pyridine rings is 1. The van der Waals surface area contributed by atoms with Crippen LogP contribution in [0.25, 0.3) is 0 Å². The predicted octanol–water partition coefficient (Wildman–Crippen LogP) is 2.72. The minimum absolute atomic E-state index is 0.0554. The summed E-state index contributed by atoms with van der Waals surface area (Å²) in [5, 5.41) is 8.78. The number of aromatic nitrogens is 1. The van der Waals surface area contributed by atoms with Gasteiger partial charge in [0.15, 0.2) is 0 Å². The topological polar surface area (TPSA) is 33.1 Å². The second kappa shape index (κ2) is 4.78. The molecule has 0 aromatic carbocycles. The summed E-state index contributed by atoms with van der Waals surface area (Å²) in [5.41, 5.74) is -0.132. The summed E-state index contributed by atoms with van der Waals surface area (Å²) in [4.78, 5) is 3.86. The van der Waals surface area contributed by atoms with Gasteiger partial charge in [0.1, 0.15) is 3.70 Å². The fraction of sp³-hybridized carbons (Fsp3) is 0.286. The van der Waals surface area contributed by atoms with Crippen molar-refractivity contribution in [1.29, 1.82) is 0 Å². The molecule has 1 aromatic heterocycles. The molecule has 0 radical (unpaired) electrons.